The number of benzene rings is 1. The van der Waals surface area contributed by atoms with E-state index >= 15 is 0 Å². The maximum atomic E-state index is 5.65. The molecule has 0 aliphatic rings. The monoisotopic (exact) mass is 207 g/mol. The number of nitrogens with two attached hydrogens (primary N) is 1. The van der Waals surface area contributed by atoms with Gasteiger partial charge in [0.05, 0.1) is 5.69 Å². The molecule has 4 heteroatoms. The van der Waals surface area contributed by atoms with E-state index in [1.165, 1.54) is 5.56 Å². The van der Waals surface area contributed by atoms with E-state index in [1.54, 1.807) is 7.11 Å². The molecule has 82 valence electrons. The number of hydrogen-bond acceptors (Lipinski definition) is 3. The summed E-state index contributed by atoms with van der Waals surface area (Å²) in [5.74, 6) is 0.485. The van der Waals surface area contributed by atoms with Crippen molar-refractivity contribution in [3.63, 3.8) is 0 Å². The summed E-state index contributed by atoms with van der Waals surface area (Å²) in [7, 11) is 3.51. The second-order valence-corrected chi connectivity index (χ2v) is 3.24. The topological polar surface area (TPSA) is 59.6 Å². The third-order valence-electron chi connectivity index (χ3n) is 1.86. The minimum Gasteiger partial charge on any atom is -0.385 e. The number of nitrogens with zero attached hydrogens (tertiary/aromatic N) is 1. The number of hydrogen-bond donors (Lipinski definition) is 2. The van der Waals surface area contributed by atoms with Crippen molar-refractivity contribution in [2.75, 3.05) is 20.8 Å². The van der Waals surface area contributed by atoms with Crippen LogP contribution in [0.1, 0.15) is 5.56 Å². The molecule has 0 aliphatic carbocycles. The summed E-state index contributed by atoms with van der Waals surface area (Å²) >= 11 is 0. The van der Waals surface area contributed by atoms with Crippen LogP contribution in [0.4, 0.5) is 5.69 Å². The van der Waals surface area contributed by atoms with Crippen LogP contribution in [0.5, 0.6) is 0 Å². The number of methoxy groups -OCH3 is 1. The quantitative estimate of drug-likeness (QED) is 0.560. The van der Waals surface area contributed by atoms with Crippen molar-refractivity contribution in [1.82, 2.24) is 5.32 Å². The zero-order valence-corrected chi connectivity index (χ0v) is 9.16. The van der Waals surface area contributed by atoms with Crippen molar-refractivity contribution in [3.8, 4) is 0 Å². The van der Waals surface area contributed by atoms with E-state index in [-0.39, 0.29) is 0 Å². The number of nitrogens with one attached hydrogen (secondary N) is 1. The molecule has 0 aliphatic heterocycles. The number of ether oxygens (including phenoxy) is 1. The molecule has 0 bridgehead atoms. The summed E-state index contributed by atoms with van der Waals surface area (Å²) in [4.78, 5) is 4.23. The van der Waals surface area contributed by atoms with Crippen LogP contribution >= 0.6 is 0 Å². The fourth-order valence-corrected chi connectivity index (χ4v) is 1.29. The van der Waals surface area contributed by atoms with Gasteiger partial charge >= 0.3 is 0 Å². The lowest BCUT2D eigenvalue weighted by molar-refractivity contribution is 0.244. The van der Waals surface area contributed by atoms with Gasteiger partial charge in [0.2, 0.25) is 0 Å². The number of amidine groups is 1. The van der Waals surface area contributed by atoms with Gasteiger partial charge in [-0.3, -0.25) is 0 Å². The van der Waals surface area contributed by atoms with E-state index < -0.39 is 0 Å². The molecule has 0 radical (unpaired) electrons. The van der Waals surface area contributed by atoms with Crippen LogP contribution in [0.2, 0.25) is 0 Å². The Bertz CT molecular complexity index is 336. The molecule has 0 unspecified atom stereocenters. The average molecular weight is 207 g/mol. The van der Waals surface area contributed by atoms with E-state index in [2.05, 4.69) is 10.3 Å². The van der Waals surface area contributed by atoms with Gasteiger partial charge in [-0.05, 0) is 24.7 Å². The number of rotatable bonds is 5. The molecule has 0 spiro atoms. The molecule has 0 fully saturated rings. The highest BCUT2D eigenvalue weighted by Crippen LogP contribution is 2.13. The first-order valence-electron chi connectivity index (χ1n) is 4.81. The smallest absolute Gasteiger partial charge is 0.126 e. The Balaban J connectivity index is 2.76. The highest BCUT2D eigenvalue weighted by molar-refractivity contribution is 5.84. The average Bonchev–Trinajstić information content (AvgIpc) is 2.19. The van der Waals surface area contributed by atoms with Crippen molar-refractivity contribution in [2.45, 2.75) is 6.54 Å². The molecule has 1 rings (SSSR count). The molecule has 1 aromatic carbocycles. The molecule has 0 atom stereocenters. The lowest BCUT2D eigenvalue weighted by Crippen LogP contribution is -2.17. The largest absolute Gasteiger partial charge is 0.385 e. The van der Waals surface area contributed by atoms with Gasteiger partial charge in [0, 0.05) is 13.7 Å². The summed E-state index contributed by atoms with van der Waals surface area (Å²) in [6.07, 6.45) is 0. The molecule has 1 aromatic rings. The molecule has 4 nitrogen and oxygen atoms in total. The van der Waals surface area contributed by atoms with Crippen molar-refractivity contribution in [2.24, 2.45) is 10.7 Å². The summed E-state index contributed by atoms with van der Waals surface area (Å²) in [5, 5.41) is 3.09. The lowest BCUT2D eigenvalue weighted by atomic mass is 10.2. The zero-order chi connectivity index (χ0) is 11.1. The van der Waals surface area contributed by atoms with Crippen molar-refractivity contribution in [1.29, 1.82) is 0 Å². The molecule has 15 heavy (non-hydrogen) atoms. The van der Waals surface area contributed by atoms with E-state index in [1.807, 2.05) is 31.3 Å². The summed E-state index contributed by atoms with van der Waals surface area (Å²) in [6, 6.07) is 7.92. The zero-order valence-electron chi connectivity index (χ0n) is 9.16. The normalized spacial score (nSPS) is 11.7. The maximum absolute atomic E-state index is 5.65. The van der Waals surface area contributed by atoms with E-state index in [9.17, 15) is 0 Å². The predicted molar refractivity (Wildman–Crippen MR) is 62.4 cm³/mol. The van der Waals surface area contributed by atoms with Crippen LogP contribution in [0.3, 0.4) is 0 Å². The molecule has 0 aromatic heterocycles. The molecule has 0 saturated heterocycles. The van der Waals surface area contributed by atoms with Crippen LogP contribution in [-0.4, -0.2) is 26.6 Å². The molecular formula is C11H17N3O. The van der Waals surface area contributed by atoms with Crippen LogP contribution < -0.4 is 11.1 Å². The Morgan fingerprint density at radius 1 is 1.53 bits per heavy atom. The minimum absolute atomic E-state index is 0.357. The Labute approximate surface area is 90.2 Å². The summed E-state index contributed by atoms with van der Waals surface area (Å²) < 4.78 is 4.89. The highest BCUT2D eigenvalue weighted by Gasteiger charge is 1.95. The van der Waals surface area contributed by atoms with E-state index in [4.69, 9.17) is 10.5 Å². The second kappa shape index (κ2) is 6.16. The van der Waals surface area contributed by atoms with Gasteiger partial charge in [-0.25, -0.2) is 4.99 Å². The van der Waals surface area contributed by atoms with Crippen LogP contribution in [-0.2, 0) is 11.3 Å². The standard InChI is InChI=1S/C11H17N3O/c1-13-7-9-4-3-5-10(6-9)14-11(12)8-15-2/h3-6,13H,7-8H2,1-2H3,(H2,12,14). The van der Waals surface area contributed by atoms with Gasteiger partial charge in [-0.1, -0.05) is 12.1 Å². The van der Waals surface area contributed by atoms with Gasteiger partial charge in [-0.2, -0.15) is 0 Å². The van der Waals surface area contributed by atoms with Gasteiger partial charge in [0.15, 0.2) is 0 Å². The third-order valence-corrected chi connectivity index (χ3v) is 1.86. The summed E-state index contributed by atoms with van der Waals surface area (Å²) in [5.41, 5.74) is 7.69. The van der Waals surface area contributed by atoms with Crippen molar-refractivity contribution < 1.29 is 4.74 Å². The van der Waals surface area contributed by atoms with Crippen LogP contribution in [0.15, 0.2) is 29.3 Å². The van der Waals surface area contributed by atoms with Gasteiger partial charge < -0.3 is 15.8 Å². The molecular weight excluding hydrogens is 190 g/mol. The van der Waals surface area contributed by atoms with Crippen molar-refractivity contribution >= 4 is 11.5 Å². The van der Waals surface area contributed by atoms with Gasteiger partial charge in [0.1, 0.15) is 12.4 Å². The molecule has 0 saturated carbocycles. The van der Waals surface area contributed by atoms with Crippen molar-refractivity contribution in [3.05, 3.63) is 29.8 Å². The fourth-order valence-electron chi connectivity index (χ4n) is 1.29. The SMILES string of the molecule is CNCc1cccc(N=C(N)COC)c1. The summed E-state index contributed by atoms with van der Waals surface area (Å²) in [6.45, 7) is 1.18. The Morgan fingerprint density at radius 2 is 2.33 bits per heavy atom. The fraction of sp³-hybridized carbons (Fsp3) is 0.364. The van der Waals surface area contributed by atoms with Crippen LogP contribution in [0, 0.1) is 0 Å². The van der Waals surface area contributed by atoms with Crippen LogP contribution in [0.25, 0.3) is 0 Å². The molecule has 3 N–H and O–H groups in total. The van der Waals surface area contributed by atoms with E-state index in [0.29, 0.717) is 12.4 Å². The molecule has 0 heterocycles. The first kappa shape index (κ1) is 11.7. The highest BCUT2D eigenvalue weighted by atomic mass is 16.5. The molecule has 0 amide bonds. The van der Waals surface area contributed by atoms with E-state index in [0.717, 1.165) is 12.2 Å². The van der Waals surface area contributed by atoms with Gasteiger partial charge in [-0.15, -0.1) is 0 Å². The first-order chi connectivity index (χ1) is 7.26. The minimum atomic E-state index is 0.357. The number of aliphatic imine (C=N–C) groups is 1. The third kappa shape index (κ3) is 4.10. The predicted octanol–water partition coefficient (Wildman–Crippen LogP) is 1.04. The Morgan fingerprint density at radius 3 is 3.00 bits per heavy atom. The Hall–Kier alpha value is -1.39. The maximum Gasteiger partial charge on any atom is 0.126 e. The Kier molecular flexibility index (Phi) is 4.80. The lowest BCUT2D eigenvalue weighted by Gasteiger charge is -2.02. The second-order valence-electron chi connectivity index (χ2n) is 3.24. The van der Waals surface area contributed by atoms with Gasteiger partial charge in [0.25, 0.3) is 0 Å². The first-order valence-corrected chi connectivity index (χ1v) is 4.81.